The monoisotopic (exact) mass is 354 g/mol. The van der Waals surface area contributed by atoms with Crippen LogP contribution in [0.1, 0.15) is 29.2 Å². The number of carbonyl (C=O) groups is 2. The zero-order valence-electron chi connectivity index (χ0n) is 14.0. The topological polar surface area (TPSA) is 108 Å². The summed E-state index contributed by atoms with van der Waals surface area (Å²) in [6.45, 7) is 0.151. The lowest BCUT2D eigenvalue weighted by Crippen LogP contribution is -2.19. The number of amides is 1. The summed E-state index contributed by atoms with van der Waals surface area (Å²) in [6.07, 6.45) is 4.68. The SMILES string of the molecule is NC(=O)C1CCc2c1c1c(OCC(=O)O)cccc1n2Cc1ccoc1. The Bertz CT molecular complexity index is 987. The van der Waals surface area contributed by atoms with Gasteiger partial charge in [-0.2, -0.15) is 0 Å². The van der Waals surface area contributed by atoms with Crippen LogP contribution in [-0.2, 0) is 22.6 Å². The molecule has 1 atom stereocenters. The van der Waals surface area contributed by atoms with Gasteiger partial charge in [-0.05, 0) is 36.6 Å². The number of carbonyl (C=O) groups excluding carboxylic acids is 1. The molecule has 4 rings (SSSR count). The summed E-state index contributed by atoms with van der Waals surface area (Å²) >= 11 is 0. The second kappa shape index (κ2) is 6.25. The number of nitrogens with two attached hydrogens (primary N) is 1. The van der Waals surface area contributed by atoms with Crippen LogP contribution in [0, 0.1) is 0 Å². The van der Waals surface area contributed by atoms with Crippen LogP contribution in [0.3, 0.4) is 0 Å². The highest BCUT2D eigenvalue weighted by atomic mass is 16.5. The van der Waals surface area contributed by atoms with Gasteiger partial charge in [0.05, 0.1) is 30.5 Å². The van der Waals surface area contributed by atoms with Crippen molar-refractivity contribution in [2.75, 3.05) is 6.61 Å². The summed E-state index contributed by atoms with van der Waals surface area (Å²) in [5, 5.41) is 9.71. The summed E-state index contributed by atoms with van der Waals surface area (Å²) < 4.78 is 12.8. The Morgan fingerprint density at radius 3 is 2.88 bits per heavy atom. The predicted octanol–water partition coefficient (Wildman–Crippen LogP) is 2.26. The Hall–Kier alpha value is -3.22. The zero-order chi connectivity index (χ0) is 18.3. The Morgan fingerprint density at radius 1 is 1.35 bits per heavy atom. The summed E-state index contributed by atoms with van der Waals surface area (Å²) in [5.41, 5.74) is 9.42. The highest BCUT2D eigenvalue weighted by Crippen LogP contribution is 2.44. The van der Waals surface area contributed by atoms with Gasteiger partial charge in [0.2, 0.25) is 5.91 Å². The first-order valence-electron chi connectivity index (χ1n) is 8.35. The molecule has 2 aromatic heterocycles. The molecular formula is C19H18N2O5. The molecule has 1 aromatic carbocycles. The van der Waals surface area contributed by atoms with E-state index in [2.05, 4.69) is 4.57 Å². The molecule has 0 aliphatic heterocycles. The van der Waals surface area contributed by atoms with E-state index in [1.54, 1.807) is 18.6 Å². The van der Waals surface area contributed by atoms with E-state index in [9.17, 15) is 9.59 Å². The lowest BCUT2D eigenvalue weighted by Gasteiger charge is -2.11. The Balaban J connectivity index is 1.91. The Labute approximate surface area is 149 Å². The van der Waals surface area contributed by atoms with Crippen molar-refractivity contribution in [1.29, 1.82) is 0 Å². The number of furan rings is 1. The number of carboxylic acid groups (broad SMARTS) is 1. The molecular weight excluding hydrogens is 336 g/mol. The molecule has 3 aromatic rings. The average Bonchev–Trinajstić information content (AvgIpc) is 3.31. The van der Waals surface area contributed by atoms with Crippen LogP contribution in [0.5, 0.6) is 5.75 Å². The number of aliphatic carboxylic acids is 1. The lowest BCUT2D eigenvalue weighted by molar-refractivity contribution is -0.139. The number of ether oxygens (including phenoxy) is 1. The number of primary amides is 1. The number of hydrogen-bond donors (Lipinski definition) is 2. The van der Waals surface area contributed by atoms with Crippen molar-refractivity contribution in [3.05, 3.63) is 53.6 Å². The summed E-state index contributed by atoms with van der Waals surface area (Å²) in [4.78, 5) is 22.9. The van der Waals surface area contributed by atoms with Crippen molar-refractivity contribution < 1.29 is 23.8 Å². The predicted molar refractivity (Wildman–Crippen MR) is 93.1 cm³/mol. The number of aromatic nitrogens is 1. The molecule has 2 heterocycles. The summed E-state index contributed by atoms with van der Waals surface area (Å²) in [7, 11) is 0. The number of benzene rings is 1. The minimum Gasteiger partial charge on any atom is -0.481 e. The van der Waals surface area contributed by atoms with Gasteiger partial charge in [-0.3, -0.25) is 4.79 Å². The van der Waals surface area contributed by atoms with Crippen molar-refractivity contribution in [1.82, 2.24) is 4.57 Å². The molecule has 3 N–H and O–H groups in total. The maximum Gasteiger partial charge on any atom is 0.341 e. The number of hydrogen-bond acceptors (Lipinski definition) is 4. The second-order valence-corrected chi connectivity index (χ2v) is 6.40. The number of fused-ring (bicyclic) bond motifs is 3. The fourth-order valence-corrected chi connectivity index (χ4v) is 3.81. The van der Waals surface area contributed by atoms with E-state index >= 15 is 0 Å². The van der Waals surface area contributed by atoms with Crippen molar-refractivity contribution >= 4 is 22.8 Å². The van der Waals surface area contributed by atoms with E-state index < -0.39 is 18.5 Å². The normalized spacial score (nSPS) is 15.9. The number of nitrogens with zero attached hydrogens (tertiary/aromatic N) is 1. The number of carboxylic acids is 1. The molecule has 0 spiro atoms. The molecule has 26 heavy (non-hydrogen) atoms. The van der Waals surface area contributed by atoms with Crippen LogP contribution in [0.25, 0.3) is 10.9 Å². The van der Waals surface area contributed by atoms with Crippen LogP contribution in [0.15, 0.2) is 41.2 Å². The zero-order valence-corrected chi connectivity index (χ0v) is 14.0. The molecule has 1 unspecified atom stereocenters. The quantitative estimate of drug-likeness (QED) is 0.706. The van der Waals surface area contributed by atoms with Gasteiger partial charge in [-0.1, -0.05) is 6.07 Å². The maximum absolute atomic E-state index is 12.0. The minimum atomic E-state index is -1.05. The molecule has 134 valence electrons. The van der Waals surface area contributed by atoms with Gasteiger partial charge in [0.15, 0.2) is 6.61 Å². The molecule has 7 heteroatoms. The molecule has 0 radical (unpaired) electrons. The summed E-state index contributed by atoms with van der Waals surface area (Å²) in [5.74, 6) is -1.37. The molecule has 0 fully saturated rings. The van der Waals surface area contributed by atoms with Gasteiger partial charge in [-0.15, -0.1) is 0 Å². The van der Waals surface area contributed by atoms with E-state index in [-0.39, 0.29) is 5.91 Å². The molecule has 1 aliphatic carbocycles. The highest BCUT2D eigenvalue weighted by molar-refractivity contribution is 5.97. The minimum absolute atomic E-state index is 0.376. The van der Waals surface area contributed by atoms with Crippen LogP contribution in [0.4, 0.5) is 0 Å². The summed E-state index contributed by atoms with van der Waals surface area (Å²) in [6, 6.07) is 7.38. The van der Waals surface area contributed by atoms with E-state index in [1.807, 2.05) is 18.2 Å². The molecule has 1 aliphatic rings. The van der Waals surface area contributed by atoms with Crippen LogP contribution in [0.2, 0.25) is 0 Å². The van der Waals surface area contributed by atoms with Gasteiger partial charge in [-0.25, -0.2) is 4.79 Å². The third-order valence-electron chi connectivity index (χ3n) is 4.83. The Morgan fingerprint density at radius 2 is 2.19 bits per heavy atom. The molecule has 7 nitrogen and oxygen atoms in total. The Kier molecular flexibility index (Phi) is 3.91. The van der Waals surface area contributed by atoms with E-state index in [4.69, 9.17) is 20.0 Å². The molecule has 0 bridgehead atoms. The third kappa shape index (κ3) is 2.61. The van der Waals surface area contributed by atoms with Gasteiger partial charge in [0.25, 0.3) is 0 Å². The fraction of sp³-hybridized carbons (Fsp3) is 0.263. The first kappa shape index (κ1) is 16.3. The largest absolute Gasteiger partial charge is 0.481 e. The second-order valence-electron chi connectivity index (χ2n) is 6.40. The molecule has 0 saturated heterocycles. The third-order valence-corrected chi connectivity index (χ3v) is 4.83. The van der Waals surface area contributed by atoms with Crippen molar-refractivity contribution in [3.63, 3.8) is 0 Å². The van der Waals surface area contributed by atoms with E-state index in [1.165, 1.54) is 0 Å². The van der Waals surface area contributed by atoms with E-state index in [0.29, 0.717) is 18.7 Å². The smallest absolute Gasteiger partial charge is 0.341 e. The van der Waals surface area contributed by atoms with Gasteiger partial charge < -0.3 is 24.6 Å². The van der Waals surface area contributed by atoms with Crippen LogP contribution in [-0.4, -0.2) is 28.2 Å². The maximum atomic E-state index is 12.0. The van der Waals surface area contributed by atoms with Crippen LogP contribution < -0.4 is 10.5 Å². The lowest BCUT2D eigenvalue weighted by atomic mass is 9.99. The fourth-order valence-electron chi connectivity index (χ4n) is 3.81. The standard InChI is InChI=1S/C19H18N2O5/c20-19(24)12-4-5-14-17(12)18-13(21(14)8-11-6-7-25-9-11)2-1-3-15(18)26-10-16(22)23/h1-3,6-7,9,12H,4-5,8,10H2,(H2,20,24)(H,22,23). The highest BCUT2D eigenvalue weighted by Gasteiger charge is 2.34. The first-order valence-corrected chi connectivity index (χ1v) is 8.35. The number of rotatable bonds is 6. The first-order chi connectivity index (χ1) is 12.6. The molecule has 1 amide bonds. The van der Waals surface area contributed by atoms with Crippen molar-refractivity contribution in [3.8, 4) is 5.75 Å². The van der Waals surface area contributed by atoms with Gasteiger partial charge in [0.1, 0.15) is 5.75 Å². The van der Waals surface area contributed by atoms with Gasteiger partial charge in [0, 0.05) is 16.6 Å². The average molecular weight is 354 g/mol. The van der Waals surface area contributed by atoms with Crippen molar-refractivity contribution in [2.24, 2.45) is 5.73 Å². The van der Waals surface area contributed by atoms with E-state index in [0.717, 1.165) is 34.1 Å². The van der Waals surface area contributed by atoms with Crippen molar-refractivity contribution in [2.45, 2.75) is 25.3 Å². The molecule has 0 saturated carbocycles. The van der Waals surface area contributed by atoms with Gasteiger partial charge >= 0.3 is 5.97 Å². The van der Waals surface area contributed by atoms with Crippen LogP contribution >= 0.6 is 0 Å².